The van der Waals surface area contributed by atoms with E-state index in [0.29, 0.717) is 11.3 Å². The normalized spacial score (nSPS) is 10.6. The van der Waals surface area contributed by atoms with Gasteiger partial charge < -0.3 is 11.5 Å². The van der Waals surface area contributed by atoms with E-state index in [1.165, 1.54) is 0 Å². The number of hydrogen-bond donors (Lipinski definition) is 2. The third-order valence-electron chi connectivity index (χ3n) is 4.21. The van der Waals surface area contributed by atoms with Crippen LogP contribution in [0.4, 0.5) is 5.69 Å². The van der Waals surface area contributed by atoms with E-state index in [9.17, 15) is 4.79 Å². The fraction of sp³-hybridized carbons (Fsp3) is 0.100. The van der Waals surface area contributed by atoms with Crippen LogP contribution in [-0.2, 0) is 0 Å². The predicted molar refractivity (Wildman–Crippen MR) is 97.5 cm³/mol. The lowest BCUT2D eigenvalue weighted by molar-refractivity contribution is 0.100. The Morgan fingerprint density at radius 2 is 1.58 bits per heavy atom. The molecule has 0 radical (unpaired) electrons. The van der Waals surface area contributed by atoms with Crippen molar-refractivity contribution < 1.29 is 4.79 Å². The third kappa shape index (κ3) is 2.74. The number of rotatable bonds is 3. The first-order chi connectivity index (χ1) is 11.5. The van der Waals surface area contributed by atoms with Gasteiger partial charge in [-0.05, 0) is 65.9 Å². The van der Waals surface area contributed by atoms with Gasteiger partial charge >= 0.3 is 0 Å². The van der Waals surface area contributed by atoms with Gasteiger partial charge in [-0.25, -0.2) is 0 Å². The lowest BCUT2D eigenvalue weighted by Gasteiger charge is -2.16. The number of benzene rings is 2. The van der Waals surface area contributed by atoms with E-state index in [1.54, 1.807) is 18.5 Å². The second kappa shape index (κ2) is 6.16. The van der Waals surface area contributed by atoms with Crippen molar-refractivity contribution >= 4 is 11.6 Å². The number of carbonyl (C=O) groups is 1. The van der Waals surface area contributed by atoms with Crippen LogP contribution < -0.4 is 11.5 Å². The Balaban J connectivity index is 2.34. The van der Waals surface area contributed by atoms with E-state index in [4.69, 9.17) is 11.5 Å². The van der Waals surface area contributed by atoms with Crippen LogP contribution in [0.15, 0.2) is 54.9 Å². The molecule has 3 rings (SSSR count). The number of nitrogens with zero attached hydrogens (tertiary/aromatic N) is 1. The van der Waals surface area contributed by atoms with Crippen LogP contribution in [0.3, 0.4) is 0 Å². The minimum atomic E-state index is -0.532. The third-order valence-corrected chi connectivity index (χ3v) is 4.21. The molecule has 0 aliphatic heterocycles. The molecule has 0 aliphatic rings. The van der Waals surface area contributed by atoms with E-state index in [1.807, 2.05) is 50.2 Å². The molecule has 0 fully saturated rings. The molecule has 0 saturated carbocycles. The van der Waals surface area contributed by atoms with Crippen LogP contribution in [-0.4, -0.2) is 10.9 Å². The molecule has 0 saturated heterocycles. The highest BCUT2D eigenvalue weighted by Gasteiger charge is 2.17. The summed E-state index contributed by atoms with van der Waals surface area (Å²) in [6.45, 7) is 4.07. The summed E-state index contributed by atoms with van der Waals surface area (Å²) in [6.07, 6.45) is 3.43. The molecule has 1 aromatic heterocycles. The van der Waals surface area contributed by atoms with Gasteiger partial charge in [-0.3, -0.25) is 9.78 Å². The average Bonchev–Trinajstić information content (AvgIpc) is 2.56. The molecule has 2 aromatic carbocycles. The number of carbonyl (C=O) groups excluding carboxylic acids is 1. The molecule has 120 valence electrons. The summed E-state index contributed by atoms with van der Waals surface area (Å²) in [5.41, 5.74) is 18.5. The highest BCUT2D eigenvalue weighted by molar-refractivity contribution is 6.04. The van der Waals surface area contributed by atoms with Crippen molar-refractivity contribution in [1.82, 2.24) is 4.98 Å². The van der Waals surface area contributed by atoms with E-state index in [-0.39, 0.29) is 0 Å². The second-order valence-corrected chi connectivity index (χ2v) is 5.85. The molecule has 4 N–H and O–H groups in total. The van der Waals surface area contributed by atoms with Crippen molar-refractivity contribution in [3.05, 3.63) is 71.5 Å². The largest absolute Gasteiger partial charge is 0.398 e. The summed E-state index contributed by atoms with van der Waals surface area (Å²) in [5.74, 6) is -0.532. The molecule has 1 heterocycles. The van der Waals surface area contributed by atoms with E-state index in [0.717, 1.165) is 33.4 Å². The summed E-state index contributed by atoms with van der Waals surface area (Å²) < 4.78 is 0. The molecule has 0 spiro atoms. The molecule has 0 aliphatic carbocycles. The minimum absolute atomic E-state index is 0.335. The minimum Gasteiger partial charge on any atom is -0.398 e. The van der Waals surface area contributed by atoms with Gasteiger partial charge in [-0.2, -0.15) is 0 Å². The Morgan fingerprint density at radius 1 is 0.958 bits per heavy atom. The van der Waals surface area contributed by atoms with Crippen LogP contribution in [0.1, 0.15) is 21.5 Å². The van der Waals surface area contributed by atoms with Crippen LogP contribution >= 0.6 is 0 Å². The van der Waals surface area contributed by atoms with Gasteiger partial charge in [0.05, 0.1) is 11.3 Å². The van der Waals surface area contributed by atoms with Gasteiger partial charge in [0.25, 0.3) is 5.91 Å². The number of nitrogens with two attached hydrogens (primary N) is 2. The van der Waals surface area contributed by atoms with Gasteiger partial charge in [-0.15, -0.1) is 0 Å². The fourth-order valence-electron chi connectivity index (χ4n) is 3.01. The Hall–Kier alpha value is -3.14. The van der Waals surface area contributed by atoms with Crippen molar-refractivity contribution in [3.8, 4) is 22.3 Å². The fourth-order valence-corrected chi connectivity index (χ4v) is 3.01. The number of amides is 1. The summed E-state index contributed by atoms with van der Waals surface area (Å²) in [7, 11) is 0. The molecule has 24 heavy (non-hydrogen) atoms. The molecule has 1 amide bonds. The first kappa shape index (κ1) is 15.7. The molecular formula is C20H19N3O. The van der Waals surface area contributed by atoms with Gasteiger partial charge in [0, 0.05) is 18.0 Å². The van der Waals surface area contributed by atoms with E-state index >= 15 is 0 Å². The zero-order valence-corrected chi connectivity index (χ0v) is 13.7. The first-order valence-corrected chi connectivity index (χ1v) is 7.69. The smallest absolute Gasteiger partial charge is 0.250 e. The maximum atomic E-state index is 11.9. The van der Waals surface area contributed by atoms with Crippen LogP contribution in [0.2, 0.25) is 0 Å². The zero-order chi connectivity index (χ0) is 17.3. The van der Waals surface area contributed by atoms with E-state index in [2.05, 4.69) is 4.98 Å². The van der Waals surface area contributed by atoms with Crippen molar-refractivity contribution in [2.24, 2.45) is 5.73 Å². The molecule has 4 heteroatoms. The highest BCUT2D eigenvalue weighted by Crippen LogP contribution is 2.37. The molecule has 0 unspecified atom stereocenters. The van der Waals surface area contributed by atoms with Crippen molar-refractivity contribution in [2.75, 3.05) is 5.73 Å². The monoisotopic (exact) mass is 317 g/mol. The highest BCUT2D eigenvalue weighted by atomic mass is 16.1. The van der Waals surface area contributed by atoms with E-state index < -0.39 is 5.91 Å². The van der Waals surface area contributed by atoms with Crippen molar-refractivity contribution in [1.29, 1.82) is 0 Å². The maximum Gasteiger partial charge on any atom is 0.250 e. The van der Waals surface area contributed by atoms with Crippen molar-refractivity contribution in [3.63, 3.8) is 0 Å². The Labute approximate surface area is 141 Å². The quantitative estimate of drug-likeness (QED) is 0.722. The Morgan fingerprint density at radius 3 is 2.17 bits per heavy atom. The van der Waals surface area contributed by atoms with Crippen molar-refractivity contribution in [2.45, 2.75) is 13.8 Å². The maximum absolute atomic E-state index is 11.9. The first-order valence-electron chi connectivity index (χ1n) is 7.69. The van der Waals surface area contributed by atoms with Crippen LogP contribution in [0.25, 0.3) is 22.3 Å². The van der Waals surface area contributed by atoms with Gasteiger partial charge in [-0.1, -0.05) is 18.2 Å². The summed E-state index contributed by atoms with van der Waals surface area (Å²) in [5, 5.41) is 0. The molecule has 3 aromatic rings. The topological polar surface area (TPSA) is 82.0 Å². The number of primary amides is 1. The number of hydrogen-bond acceptors (Lipinski definition) is 3. The lowest BCUT2D eigenvalue weighted by atomic mass is 9.90. The average molecular weight is 317 g/mol. The molecule has 0 atom stereocenters. The zero-order valence-electron chi connectivity index (χ0n) is 13.7. The van der Waals surface area contributed by atoms with Crippen LogP contribution in [0.5, 0.6) is 0 Å². The van der Waals surface area contributed by atoms with Gasteiger partial charge in [0.1, 0.15) is 0 Å². The second-order valence-electron chi connectivity index (χ2n) is 5.85. The summed E-state index contributed by atoms with van der Waals surface area (Å²) in [4.78, 5) is 15.9. The SMILES string of the molecule is Cc1cccc(C)c1-c1cc(-c2ccncc2)cc(C(N)=O)c1N. The Bertz CT molecular complexity index is 897. The standard InChI is InChI=1S/C20H19N3O/c1-12-4-3-5-13(2)18(12)16-10-15(14-6-8-23-9-7-14)11-17(19(16)21)20(22)24/h3-11H,21H2,1-2H3,(H2,22,24). The number of aryl methyl sites for hydroxylation is 2. The van der Waals surface area contributed by atoms with Gasteiger partial charge in [0.15, 0.2) is 0 Å². The van der Waals surface area contributed by atoms with Crippen LogP contribution in [0, 0.1) is 13.8 Å². The Kier molecular flexibility index (Phi) is 4.04. The summed E-state index contributed by atoms with van der Waals surface area (Å²) in [6, 6.07) is 13.6. The number of anilines is 1. The molecule has 4 nitrogen and oxygen atoms in total. The number of pyridine rings is 1. The number of nitrogen functional groups attached to an aromatic ring is 1. The summed E-state index contributed by atoms with van der Waals surface area (Å²) >= 11 is 0. The number of aromatic nitrogens is 1. The van der Waals surface area contributed by atoms with Gasteiger partial charge in [0.2, 0.25) is 0 Å². The molecular weight excluding hydrogens is 298 g/mol. The predicted octanol–water partition coefficient (Wildman–Crippen LogP) is 3.71. The lowest BCUT2D eigenvalue weighted by Crippen LogP contribution is -2.14. The molecule has 0 bridgehead atoms.